The van der Waals surface area contributed by atoms with E-state index in [9.17, 15) is 9.59 Å². The van der Waals surface area contributed by atoms with Crippen molar-refractivity contribution in [2.75, 3.05) is 112 Å². The number of nitrogens with zero attached hydrogens (tertiary/aromatic N) is 14. The van der Waals surface area contributed by atoms with Gasteiger partial charge >= 0.3 is 12.0 Å². The minimum Gasteiger partial charge on any atom is -0.463 e. The lowest BCUT2D eigenvalue weighted by Crippen LogP contribution is -2.40. The van der Waals surface area contributed by atoms with Crippen LogP contribution in [-0.2, 0) is 46.9 Å². The summed E-state index contributed by atoms with van der Waals surface area (Å²) in [4.78, 5) is 69.3. The summed E-state index contributed by atoms with van der Waals surface area (Å²) in [5.74, 6) is 5.78. The number of aliphatic hydroxyl groups is 2. The normalized spacial score (nSPS) is 15.3. The number of hydrogen-bond donors (Lipinski definition) is 6. The number of rotatable bonds is 25. The largest absolute Gasteiger partial charge is 0.463 e. The van der Waals surface area contributed by atoms with Crippen LogP contribution in [0.25, 0.3) is 43.9 Å². The molecular weight excluding hydrogens is 1260 g/mol. The number of nitrogen functional groups attached to an aromatic ring is 4. The highest BCUT2D eigenvalue weighted by molar-refractivity contribution is 6.08. The van der Waals surface area contributed by atoms with Crippen molar-refractivity contribution >= 4 is 115 Å². The number of aliphatic hydroxyl groups excluding tert-OH is 2. The molecule has 2 aromatic carbocycles. The van der Waals surface area contributed by atoms with E-state index in [4.69, 9.17) is 47.4 Å². The van der Waals surface area contributed by atoms with Crippen LogP contribution in [-0.4, -0.2) is 166 Å². The first-order valence-electron chi connectivity index (χ1n) is 34.1. The van der Waals surface area contributed by atoms with Gasteiger partial charge in [-0.05, 0) is 148 Å². The maximum absolute atomic E-state index is 12.6. The zero-order valence-electron chi connectivity index (χ0n) is 57.2. The second kappa shape index (κ2) is 36.7. The number of nitrogens with two attached hydrogens (primary N) is 4. The summed E-state index contributed by atoms with van der Waals surface area (Å²) >= 11 is 0. The molecule has 4 aliphatic rings. The second-order valence-corrected chi connectivity index (χ2v) is 24.9. The van der Waals surface area contributed by atoms with Gasteiger partial charge in [-0.25, -0.2) is 19.9 Å². The van der Waals surface area contributed by atoms with Gasteiger partial charge in [-0.1, -0.05) is 76.9 Å². The van der Waals surface area contributed by atoms with Crippen LogP contribution in [0.2, 0.25) is 0 Å². The third-order valence-electron chi connectivity index (χ3n) is 17.9. The molecule has 6 aromatic heterocycles. The molecule has 2 saturated heterocycles. The van der Waals surface area contributed by atoms with Crippen LogP contribution >= 0.6 is 24.8 Å². The summed E-state index contributed by atoms with van der Waals surface area (Å²) in [6.45, 7) is 25.9. The molecule has 4 aliphatic heterocycles. The van der Waals surface area contributed by atoms with Crippen LogP contribution in [0.4, 0.5) is 34.9 Å². The number of pyridine rings is 2. The minimum atomic E-state index is 0. The van der Waals surface area contributed by atoms with Gasteiger partial charge in [0.25, 0.3) is 0 Å². The number of fused-ring (bicyclic) bond motifs is 8. The van der Waals surface area contributed by atoms with E-state index in [2.05, 4.69) is 81.9 Å². The fraction of sp³-hybridized carbons (Fsp3) is 0.565. The standard InChI is InChI=1S/C20H33N5O2.C19H31N5O2.C17H22N4O2.C13H14N4O.2ClH/c1-4-6-14(3)27-20-22-18(21)16-12-17(26)25(19(16)23-20)13-15-7-10-24(9-5-2)11-8-15;1-3-5-11-26-19-21-17(20)15-12-16(25)24(18(15)22-19)13-14-6-9-23(8-4-2)10-7-14;1-2-23-11-14-20-15-16(21(14)9-5-6-10-22)12-7-3-4-8-13(12)19-17(15)18;1-8-15-11-12(17(8)6-7-18)9-4-2-3-5-10(9)16-13(11)14;;/h14-15H,4-13H2,1-3H3,(H2,21,22,23);14H,3-13H2,1-2H3,(H2,20,21,22);3-4,7-8,22H,2,5-6,9-11H2,1H3,(H2,18,19);2-5,18H,6-7H2,1H3,(H2,14,16);2*1H/t14-;;;;;/m0...../s1. The Morgan fingerprint density at radius 3 is 1.57 bits per heavy atom. The zero-order chi connectivity index (χ0) is 66.8. The van der Waals surface area contributed by atoms with Gasteiger partial charge in [0.15, 0.2) is 11.6 Å². The Kier molecular flexibility index (Phi) is 29.0. The Labute approximate surface area is 576 Å². The number of hydrogen-bond acceptors (Lipinski definition) is 21. The van der Waals surface area contributed by atoms with Crippen molar-refractivity contribution in [2.24, 2.45) is 11.8 Å². The Bertz CT molecular complexity index is 3820. The first-order chi connectivity index (χ1) is 45.6. The van der Waals surface area contributed by atoms with Crippen LogP contribution in [0.3, 0.4) is 0 Å². The van der Waals surface area contributed by atoms with E-state index >= 15 is 0 Å². The van der Waals surface area contributed by atoms with Gasteiger partial charge in [0.2, 0.25) is 11.8 Å². The Morgan fingerprint density at radius 1 is 0.562 bits per heavy atom. The summed E-state index contributed by atoms with van der Waals surface area (Å²) in [7, 11) is 0. The van der Waals surface area contributed by atoms with Crippen molar-refractivity contribution in [2.45, 2.75) is 164 Å². The van der Waals surface area contributed by atoms with Crippen molar-refractivity contribution in [1.82, 2.24) is 58.8 Å². The molecule has 0 aliphatic carbocycles. The van der Waals surface area contributed by atoms with Gasteiger partial charge in [0.1, 0.15) is 52.6 Å². The summed E-state index contributed by atoms with van der Waals surface area (Å²) in [6, 6.07) is 16.3. The Morgan fingerprint density at radius 2 is 1.07 bits per heavy atom. The van der Waals surface area contributed by atoms with Crippen LogP contribution in [0, 0.1) is 18.8 Å². The molecule has 10 N–H and O–H groups in total. The van der Waals surface area contributed by atoms with E-state index in [0.717, 1.165) is 165 Å². The minimum absolute atomic E-state index is 0. The molecular formula is C69H102Cl2N18O7. The summed E-state index contributed by atoms with van der Waals surface area (Å²) < 4.78 is 21.1. The van der Waals surface area contributed by atoms with Crippen molar-refractivity contribution in [3.8, 4) is 12.0 Å². The van der Waals surface area contributed by atoms with E-state index in [1.807, 2.05) is 78.8 Å². The summed E-state index contributed by atoms with van der Waals surface area (Å²) in [6.07, 6.45) is 13.1. The summed E-state index contributed by atoms with van der Waals surface area (Å²) in [5.41, 5.74) is 30.9. The lowest BCUT2D eigenvalue weighted by Gasteiger charge is -2.33. The predicted molar refractivity (Wildman–Crippen MR) is 386 cm³/mol. The Hall–Kier alpha value is -7.52. The third-order valence-corrected chi connectivity index (χ3v) is 17.9. The number of para-hydroxylation sites is 2. The first kappa shape index (κ1) is 75.9. The highest BCUT2D eigenvalue weighted by Crippen LogP contribution is 2.37. The lowest BCUT2D eigenvalue weighted by atomic mass is 9.96. The smallest absolute Gasteiger partial charge is 0.320 e. The van der Waals surface area contributed by atoms with Gasteiger partial charge in [-0.3, -0.25) is 19.4 Å². The molecule has 0 unspecified atom stereocenters. The van der Waals surface area contributed by atoms with E-state index < -0.39 is 0 Å². The summed E-state index contributed by atoms with van der Waals surface area (Å²) in [5, 5.41) is 20.3. The Balaban J connectivity index is 0.000000181. The predicted octanol–water partition coefficient (Wildman–Crippen LogP) is 9.67. The highest BCUT2D eigenvalue weighted by Gasteiger charge is 2.36. The average Bonchev–Trinajstić information content (AvgIpc) is 1.59. The second-order valence-electron chi connectivity index (χ2n) is 24.9. The van der Waals surface area contributed by atoms with Crippen LogP contribution in [0.5, 0.6) is 12.0 Å². The van der Waals surface area contributed by atoms with Gasteiger partial charge < -0.3 is 66.3 Å². The molecule has 96 heavy (non-hydrogen) atoms. The van der Waals surface area contributed by atoms with Gasteiger partial charge in [0, 0.05) is 61.3 Å². The molecule has 27 heteroatoms. The van der Waals surface area contributed by atoms with Crippen LogP contribution < -0.4 is 42.2 Å². The first-order valence-corrected chi connectivity index (χ1v) is 34.1. The number of amides is 2. The molecule has 0 bridgehead atoms. The maximum Gasteiger partial charge on any atom is 0.320 e. The molecule has 25 nitrogen and oxygen atoms in total. The van der Waals surface area contributed by atoms with Gasteiger partial charge in [-0.15, -0.1) is 24.8 Å². The van der Waals surface area contributed by atoms with E-state index in [0.29, 0.717) is 98.0 Å². The monoisotopic (exact) mass is 1360 g/mol. The van der Waals surface area contributed by atoms with E-state index in [-0.39, 0.29) is 68.0 Å². The number of anilines is 6. The van der Waals surface area contributed by atoms with Crippen molar-refractivity contribution in [3.05, 3.63) is 71.3 Å². The number of piperidine rings is 2. The average molecular weight is 1370 g/mol. The molecule has 0 saturated carbocycles. The number of aromatic nitrogens is 10. The number of unbranched alkanes of at least 4 members (excludes halogenated alkanes) is 2. The van der Waals surface area contributed by atoms with Crippen molar-refractivity contribution < 1.29 is 34.0 Å². The molecule has 0 spiro atoms. The number of imidazole rings is 2. The number of benzene rings is 2. The molecule has 10 heterocycles. The third kappa shape index (κ3) is 18.6. The van der Waals surface area contributed by atoms with E-state index in [1.54, 1.807) is 4.90 Å². The zero-order valence-corrected chi connectivity index (χ0v) is 58.8. The molecule has 0 radical (unpaired) electrons. The fourth-order valence-electron chi connectivity index (χ4n) is 13.0. The molecule has 8 aromatic rings. The van der Waals surface area contributed by atoms with Crippen molar-refractivity contribution in [1.29, 1.82) is 0 Å². The number of carbonyl (C=O) groups excluding carboxylic acids is 2. The highest BCUT2D eigenvalue weighted by atomic mass is 35.5. The van der Waals surface area contributed by atoms with Gasteiger partial charge in [-0.2, -0.15) is 19.9 Å². The molecule has 1 atom stereocenters. The topological polar surface area (TPSA) is 332 Å². The number of carbonyl (C=O) groups is 2. The molecule has 2 fully saturated rings. The lowest BCUT2D eigenvalue weighted by molar-refractivity contribution is -0.118. The number of likely N-dealkylation sites (tertiary alicyclic amines) is 2. The quantitative estimate of drug-likeness (QED) is 0.0290. The van der Waals surface area contributed by atoms with Gasteiger partial charge in [0.05, 0.1) is 54.2 Å². The fourth-order valence-corrected chi connectivity index (χ4v) is 13.0. The SMILES string of the molecule is CCCCOc1nc(N)c2c(n1)N(CC1CCN(CCC)CC1)C(=O)C2.CCC[C@H](C)Oc1nc(N)c2c(n1)N(CC1CCN(CCC)CC1)C(=O)C2.CCOCc1nc2c(N)nc3ccccc3c2n1CCCCO.Cc1nc2c(N)nc3ccccc3c2n1CCO.Cl.Cl. The van der Waals surface area contributed by atoms with Crippen molar-refractivity contribution in [3.63, 3.8) is 0 Å². The van der Waals surface area contributed by atoms with Crippen LogP contribution in [0.1, 0.15) is 141 Å². The number of aryl methyl sites for hydroxylation is 2. The maximum atomic E-state index is 12.6. The number of halogens is 2. The van der Waals surface area contributed by atoms with E-state index in [1.165, 1.54) is 25.9 Å². The molecule has 524 valence electrons. The number of ether oxygens (including phenoxy) is 3. The van der Waals surface area contributed by atoms with Crippen LogP contribution in [0.15, 0.2) is 48.5 Å². The molecule has 12 rings (SSSR count). The molecule has 2 amide bonds.